The van der Waals surface area contributed by atoms with Crippen molar-refractivity contribution < 1.29 is 14.3 Å². The minimum Gasteiger partial charge on any atom is -0.480 e. The number of amides is 1. The molecule has 1 fully saturated rings. The van der Waals surface area contributed by atoms with Gasteiger partial charge in [-0.05, 0) is 52.7 Å². The zero-order valence-electron chi connectivity index (χ0n) is 27.1. The van der Waals surface area contributed by atoms with Crippen LogP contribution in [0.2, 0.25) is 0 Å². The van der Waals surface area contributed by atoms with Crippen LogP contribution in [0.4, 0.5) is 10.5 Å². The van der Waals surface area contributed by atoms with E-state index in [0.717, 1.165) is 84.8 Å². The number of carbonyl (C=O) groups is 1. The Labute approximate surface area is 264 Å². The molecule has 11 heteroatoms. The molecule has 1 saturated carbocycles. The summed E-state index contributed by atoms with van der Waals surface area (Å²) in [6.07, 6.45) is 5.26. The Morgan fingerprint density at radius 1 is 0.956 bits per heavy atom. The molecule has 236 valence electrons. The number of carbonyl (C=O) groups excluding carboxylic acids is 1. The lowest BCUT2D eigenvalue weighted by molar-refractivity contribution is 0.0223. The molecular weight excluding hydrogens is 568 g/mol. The number of aromatic nitrogens is 6. The third-order valence-corrected chi connectivity index (χ3v) is 9.07. The van der Waals surface area contributed by atoms with Crippen molar-refractivity contribution in [2.75, 3.05) is 25.1 Å². The lowest BCUT2D eigenvalue weighted by atomic mass is 9.98. The van der Waals surface area contributed by atoms with Crippen molar-refractivity contribution in [1.29, 1.82) is 0 Å². The monoisotopic (exact) mass is 610 g/mol. The Bertz CT molecular complexity index is 1750. The molecule has 1 aliphatic carbocycles. The van der Waals surface area contributed by atoms with Gasteiger partial charge in [0.15, 0.2) is 0 Å². The van der Waals surface area contributed by atoms with Crippen LogP contribution in [-0.2, 0) is 44.3 Å². The van der Waals surface area contributed by atoms with Gasteiger partial charge in [-0.15, -0.1) is 0 Å². The number of fused-ring (bicyclic) bond motifs is 2. The molecule has 0 spiro atoms. The Hall–Kier alpha value is -4.41. The van der Waals surface area contributed by atoms with E-state index >= 15 is 0 Å². The van der Waals surface area contributed by atoms with Gasteiger partial charge in [-0.2, -0.15) is 10.2 Å². The van der Waals surface area contributed by atoms with Gasteiger partial charge in [-0.3, -0.25) is 9.36 Å². The maximum absolute atomic E-state index is 12.9. The average molecular weight is 611 g/mol. The first-order valence-electron chi connectivity index (χ1n) is 16.0. The summed E-state index contributed by atoms with van der Waals surface area (Å²) in [6.45, 7) is 11.4. The van der Waals surface area contributed by atoms with Gasteiger partial charge in [0, 0.05) is 85.8 Å². The van der Waals surface area contributed by atoms with Crippen molar-refractivity contribution in [2.45, 2.75) is 84.5 Å². The second kappa shape index (κ2) is 11.2. The lowest BCUT2D eigenvalue weighted by Gasteiger charge is -2.30. The quantitative estimate of drug-likeness (QED) is 0.282. The highest BCUT2D eigenvalue weighted by Gasteiger charge is 2.35. The predicted octanol–water partition coefficient (Wildman–Crippen LogP) is 5.50. The molecule has 3 aromatic heterocycles. The van der Waals surface area contributed by atoms with E-state index in [0.29, 0.717) is 24.9 Å². The molecule has 4 aromatic rings. The topological polar surface area (TPSA) is 103 Å². The van der Waals surface area contributed by atoms with E-state index in [2.05, 4.69) is 50.7 Å². The first-order chi connectivity index (χ1) is 21.6. The largest absolute Gasteiger partial charge is 0.480 e. The standard InChI is InChI=1S/C34H42N8O3/c1-7-42-27-15-17-41(33(43)45-34(2,3)4)19-25(27)29(38-42)21-10-12-23(13-11-21)40-16-14-26-24(18-40)31(37-39(26)5)28-30(22-8-9-22)35-20-36-32(28)44-6/h10-13,20,22H,7-9,14-19H2,1-6H3. The van der Waals surface area contributed by atoms with Crippen molar-refractivity contribution >= 4 is 11.8 Å². The van der Waals surface area contributed by atoms with Crippen LogP contribution in [0.5, 0.6) is 5.88 Å². The van der Waals surface area contributed by atoms with Gasteiger partial charge >= 0.3 is 6.09 Å². The van der Waals surface area contributed by atoms with Gasteiger partial charge in [0.1, 0.15) is 17.6 Å². The van der Waals surface area contributed by atoms with Crippen LogP contribution >= 0.6 is 0 Å². The Kier molecular flexibility index (Phi) is 7.29. The molecular formula is C34H42N8O3. The molecule has 5 heterocycles. The SMILES string of the molecule is CCn1nc(-c2ccc(N3CCc4c(c(-c5c(OC)ncnc5C5CC5)nn4C)C3)cc2)c2c1CCN(C(=O)OC(C)(C)C)C2. The first kappa shape index (κ1) is 29.3. The number of hydrogen-bond acceptors (Lipinski definition) is 8. The summed E-state index contributed by atoms with van der Waals surface area (Å²) in [4.78, 5) is 26.3. The maximum Gasteiger partial charge on any atom is 0.410 e. The highest BCUT2D eigenvalue weighted by molar-refractivity contribution is 5.74. The fourth-order valence-corrected chi connectivity index (χ4v) is 6.74. The Morgan fingerprint density at radius 3 is 2.38 bits per heavy atom. The number of ether oxygens (including phenoxy) is 2. The number of benzene rings is 1. The van der Waals surface area contributed by atoms with Crippen molar-refractivity contribution in [2.24, 2.45) is 7.05 Å². The first-order valence-corrected chi connectivity index (χ1v) is 16.0. The second-order valence-corrected chi connectivity index (χ2v) is 13.3. The van der Waals surface area contributed by atoms with Crippen LogP contribution in [-0.4, -0.2) is 66.3 Å². The number of methoxy groups -OCH3 is 1. The smallest absolute Gasteiger partial charge is 0.410 e. The number of anilines is 1. The molecule has 0 atom stereocenters. The van der Waals surface area contributed by atoms with E-state index in [1.165, 1.54) is 17.0 Å². The van der Waals surface area contributed by atoms with Gasteiger partial charge in [0.25, 0.3) is 0 Å². The Morgan fingerprint density at radius 2 is 1.69 bits per heavy atom. The normalized spacial score (nSPS) is 16.4. The molecule has 3 aliphatic rings. The molecule has 7 rings (SSSR count). The fraction of sp³-hybridized carbons (Fsp3) is 0.500. The van der Waals surface area contributed by atoms with Crippen LogP contribution in [0.3, 0.4) is 0 Å². The van der Waals surface area contributed by atoms with Crippen LogP contribution < -0.4 is 9.64 Å². The maximum atomic E-state index is 12.9. The average Bonchev–Trinajstić information content (AvgIpc) is 3.75. The highest BCUT2D eigenvalue weighted by atomic mass is 16.6. The van der Waals surface area contributed by atoms with Crippen LogP contribution in [0, 0.1) is 0 Å². The molecule has 2 aliphatic heterocycles. The number of hydrogen-bond donors (Lipinski definition) is 0. The molecule has 0 unspecified atom stereocenters. The minimum atomic E-state index is -0.532. The second-order valence-electron chi connectivity index (χ2n) is 13.3. The van der Waals surface area contributed by atoms with Crippen molar-refractivity contribution in [3.63, 3.8) is 0 Å². The van der Waals surface area contributed by atoms with Gasteiger partial charge < -0.3 is 19.3 Å². The third kappa shape index (κ3) is 5.42. The van der Waals surface area contributed by atoms with E-state index in [1.54, 1.807) is 18.3 Å². The minimum absolute atomic E-state index is 0.276. The van der Waals surface area contributed by atoms with Gasteiger partial charge in [-0.25, -0.2) is 14.8 Å². The molecule has 0 saturated heterocycles. The summed E-state index contributed by atoms with van der Waals surface area (Å²) in [7, 11) is 3.70. The zero-order chi connectivity index (χ0) is 31.5. The number of nitrogens with zero attached hydrogens (tertiary/aromatic N) is 8. The fourth-order valence-electron chi connectivity index (χ4n) is 6.74. The van der Waals surface area contributed by atoms with Crippen LogP contribution in [0.15, 0.2) is 30.6 Å². The van der Waals surface area contributed by atoms with E-state index in [1.807, 2.05) is 32.5 Å². The zero-order valence-corrected chi connectivity index (χ0v) is 27.1. The summed E-state index contributed by atoms with van der Waals surface area (Å²) in [5.74, 6) is 1.04. The molecule has 0 N–H and O–H groups in total. The molecule has 1 amide bonds. The van der Waals surface area contributed by atoms with E-state index < -0.39 is 5.60 Å². The van der Waals surface area contributed by atoms with Crippen molar-refractivity contribution in [1.82, 2.24) is 34.4 Å². The van der Waals surface area contributed by atoms with Crippen LogP contribution in [0.25, 0.3) is 22.5 Å². The van der Waals surface area contributed by atoms with Crippen molar-refractivity contribution in [3.05, 3.63) is 58.8 Å². The van der Waals surface area contributed by atoms with E-state index in [4.69, 9.17) is 19.7 Å². The molecule has 0 radical (unpaired) electrons. The summed E-state index contributed by atoms with van der Waals surface area (Å²) in [5.41, 5.74) is 10.3. The molecule has 45 heavy (non-hydrogen) atoms. The highest BCUT2D eigenvalue weighted by Crippen LogP contribution is 2.47. The van der Waals surface area contributed by atoms with Gasteiger partial charge in [0.2, 0.25) is 5.88 Å². The summed E-state index contributed by atoms with van der Waals surface area (Å²) in [5, 5.41) is 10.00. The summed E-state index contributed by atoms with van der Waals surface area (Å²) >= 11 is 0. The van der Waals surface area contributed by atoms with E-state index in [-0.39, 0.29) is 6.09 Å². The summed E-state index contributed by atoms with van der Waals surface area (Å²) < 4.78 is 15.5. The van der Waals surface area contributed by atoms with Gasteiger partial charge in [0.05, 0.1) is 30.6 Å². The summed E-state index contributed by atoms with van der Waals surface area (Å²) in [6, 6.07) is 8.68. The molecule has 11 nitrogen and oxygen atoms in total. The Balaban J connectivity index is 1.16. The molecule has 0 bridgehead atoms. The number of rotatable bonds is 6. The lowest BCUT2D eigenvalue weighted by Crippen LogP contribution is -2.40. The van der Waals surface area contributed by atoms with Crippen LogP contribution in [0.1, 0.15) is 74.7 Å². The van der Waals surface area contributed by atoms with Gasteiger partial charge in [-0.1, -0.05) is 12.1 Å². The van der Waals surface area contributed by atoms with Crippen molar-refractivity contribution in [3.8, 4) is 28.4 Å². The third-order valence-electron chi connectivity index (χ3n) is 9.07. The van der Waals surface area contributed by atoms with E-state index in [9.17, 15) is 4.79 Å². The predicted molar refractivity (Wildman–Crippen MR) is 171 cm³/mol. The molecule has 1 aromatic carbocycles. The number of aryl methyl sites for hydroxylation is 2.